The van der Waals surface area contributed by atoms with Gasteiger partial charge in [0.15, 0.2) is 0 Å². The summed E-state index contributed by atoms with van der Waals surface area (Å²) in [6.07, 6.45) is 0. The third-order valence-corrected chi connectivity index (χ3v) is 2.94. The molecule has 0 saturated carbocycles. The van der Waals surface area contributed by atoms with Crippen LogP contribution in [0.15, 0.2) is 24.3 Å². The number of nitro benzene ring substituents is 1. The molecule has 1 rings (SSSR count). The first-order valence-corrected chi connectivity index (χ1v) is 6.50. The molecule has 0 heterocycles. The maximum absolute atomic E-state index is 12.3. The molecule has 0 bridgehead atoms. The van der Waals surface area contributed by atoms with E-state index in [1.165, 1.54) is 12.1 Å². The Hall–Kier alpha value is -0.590. The van der Waals surface area contributed by atoms with Gasteiger partial charge in [-0.2, -0.15) is 0 Å². The van der Waals surface area contributed by atoms with Crippen LogP contribution in [0.4, 0.5) is 5.69 Å². The molecule has 0 aromatic heterocycles. The molecule has 0 aliphatic heterocycles. The molecular formula is C11H15Cl3N2O3. The second-order valence-corrected chi connectivity index (χ2v) is 4.72. The van der Waals surface area contributed by atoms with Crippen LogP contribution in [0.1, 0.15) is 5.56 Å². The van der Waals surface area contributed by atoms with Gasteiger partial charge < -0.3 is 9.85 Å². The highest BCUT2D eigenvalue weighted by Gasteiger charge is 2.17. The van der Waals surface area contributed by atoms with Gasteiger partial charge in [0.2, 0.25) is 0 Å². The van der Waals surface area contributed by atoms with E-state index < -0.39 is 9.57 Å². The van der Waals surface area contributed by atoms with E-state index in [-0.39, 0.29) is 49.5 Å². The lowest BCUT2D eigenvalue weighted by Crippen LogP contribution is -2.44. The van der Waals surface area contributed by atoms with Crippen LogP contribution in [-0.2, 0) is 6.54 Å². The molecule has 0 atom stereocenters. The van der Waals surface area contributed by atoms with Gasteiger partial charge in [0, 0.05) is 17.7 Å². The van der Waals surface area contributed by atoms with Gasteiger partial charge in [0.1, 0.15) is 6.54 Å². The van der Waals surface area contributed by atoms with Crippen LogP contribution >= 0.6 is 35.6 Å². The molecule has 8 heteroatoms. The smallest absolute Gasteiger partial charge is 0.269 e. The van der Waals surface area contributed by atoms with E-state index in [1.807, 2.05) is 0 Å². The summed E-state index contributed by atoms with van der Waals surface area (Å²) in [5, 5.41) is 22.8. The maximum atomic E-state index is 12.3. The Labute approximate surface area is 127 Å². The fourth-order valence-electron chi connectivity index (χ4n) is 1.63. The number of nitrogens with zero attached hydrogens (tertiary/aromatic N) is 2. The molecule has 0 saturated heterocycles. The van der Waals surface area contributed by atoms with Crippen molar-refractivity contribution < 1.29 is 9.57 Å². The zero-order valence-corrected chi connectivity index (χ0v) is 12.5. The molecule has 0 N–H and O–H groups in total. The number of hydrogen-bond acceptors (Lipinski definition) is 3. The van der Waals surface area contributed by atoms with Crippen molar-refractivity contribution in [1.29, 1.82) is 0 Å². The highest BCUT2D eigenvalue weighted by atomic mass is 35.5. The predicted molar refractivity (Wildman–Crippen MR) is 78.8 cm³/mol. The van der Waals surface area contributed by atoms with Gasteiger partial charge in [0.25, 0.3) is 5.69 Å². The third kappa shape index (κ3) is 5.93. The molecular weight excluding hydrogens is 314 g/mol. The van der Waals surface area contributed by atoms with Gasteiger partial charge in [0.05, 0.1) is 29.8 Å². The van der Waals surface area contributed by atoms with Crippen LogP contribution in [0.25, 0.3) is 0 Å². The Balaban J connectivity index is 0.00000324. The van der Waals surface area contributed by atoms with Crippen LogP contribution in [0.5, 0.6) is 0 Å². The lowest BCUT2D eigenvalue weighted by atomic mass is 10.2. The molecule has 0 aliphatic carbocycles. The van der Waals surface area contributed by atoms with Gasteiger partial charge in [-0.05, 0) is 12.1 Å². The summed E-state index contributed by atoms with van der Waals surface area (Å²) in [5.41, 5.74) is 0.753. The van der Waals surface area contributed by atoms with Crippen molar-refractivity contribution in [3.8, 4) is 0 Å². The average Bonchev–Trinajstić information content (AvgIpc) is 2.30. The fraction of sp³-hybridized carbons (Fsp3) is 0.455. The Morgan fingerprint density at radius 1 is 1.11 bits per heavy atom. The van der Waals surface area contributed by atoms with E-state index in [4.69, 9.17) is 23.2 Å². The first kappa shape index (κ1) is 18.4. The minimum absolute atomic E-state index is 0. The zero-order chi connectivity index (χ0) is 13.6. The van der Waals surface area contributed by atoms with E-state index in [1.54, 1.807) is 12.1 Å². The quantitative estimate of drug-likeness (QED) is 0.333. The van der Waals surface area contributed by atoms with Crippen molar-refractivity contribution in [2.24, 2.45) is 0 Å². The summed E-state index contributed by atoms with van der Waals surface area (Å²) in [6, 6.07) is 5.96. The van der Waals surface area contributed by atoms with E-state index in [2.05, 4.69) is 0 Å². The van der Waals surface area contributed by atoms with Crippen molar-refractivity contribution in [2.45, 2.75) is 6.54 Å². The average molecular weight is 330 g/mol. The summed E-state index contributed by atoms with van der Waals surface area (Å²) in [4.78, 5) is 10.0. The normalized spacial score (nSPS) is 10.9. The largest absolute Gasteiger partial charge is 0.632 e. The van der Waals surface area contributed by atoms with Crippen LogP contribution in [-0.4, -0.2) is 34.4 Å². The standard InChI is InChI=1S/C11H14Cl2N2O3.ClH/c12-5-7-15(18,8-6-13)9-10-1-3-11(4-2-10)14(16)17;/h1-4H,5-9H2;1H. The molecule has 1 aromatic rings. The summed E-state index contributed by atoms with van der Waals surface area (Å²) in [7, 11) is 0. The number of quaternary nitrogens is 1. The minimum atomic E-state index is -0.509. The molecule has 0 radical (unpaired) electrons. The molecule has 0 fully saturated rings. The number of hydroxylamine groups is 3. The second-order valence-electron chi connectivity index (χ2n) is 3.96. The second kappa shape index (κ2) is 8.55. The van der Waals surface area contributed by atoms with Crippen LogP contribution < -0.4 is 0 Å². The van der Waals surface area contributed by atoms with E-state index in [0.717, 1.165) is 5.56 Å². The molecule has 5 nitrogen and oxygen atoms in total. The van der Waals surface area contributed by atoms with Gasteiger partial charge in [-0.25, -0.2) is 0 Å². The molecule has 108 valence electrons. The Morgan fingerprint density at radius 3 is 1.95 bits per heavy atom. The van der Waals surface area contributed by atoms with Gasteiger partial charge in [-0.1, -0.05) is 0 Å². The van der Waals surface area contributed by atoms with E-state index >= 15 is 0 Å². The Bertz CT molecular complexity index is 395. The van der Waals surface area contributed by atoms with Crippen LogP contribution in [0, 0.1) is 15.3 Å². The summed E-state index contributed by atoms with van der Waals surface area (Å²) < 4.78 is -0.509. The lowest BCUT2D eigenvalue weighted by Gasteiger charge is -2.42. The highest BCUT2D eigenvalue weighted by Crippen LogP contribution is 2.17. The molecule has 0 aliphatic rings. The molecule has 0 amide bonds. The number of nitro groups is 1. The van der Waals surface area contributed by atoms with Gasteiger partial charge in [-0.3, -0.25) is 10.1 Å². The van der Waals surface area contributed by atoms with Crippen molar-refractivity contribution in [3.05, 3.63) is 45.2 Å². The number of non-ortho nitro benzene ring substituents is 1. The van der Waals surface area contributed by atoms with Crippen molar-refractivity contribution in [2.75, 3.05) is 24.8 Å². The number of rotatable bonds is 7. The van der Waals surface area contributed by atoms with Crippen LogP contribution in [0.3, 0.4) is 0 Å². The van der Waals surface area contributed by atoms with Gasteiger partial charge >= 0.3 is 0 Å². The van der Waals surface area contributed by atoms with Gasteiger partial charge in [-0.15, -0.1) is 35.6 Å². The Morgan fingerprint density at radius 2 is 1.58 bits per heavy atom. The predicted octanol–water partition coefficient (Wildman–Crippen LogP) is 3.31. The van der Waals surface area contributed by atoms with Crippen molar-refractivity contribution in [3.63, 3.8) is 0 Å². The molecule has 0 unspecified atom stereocenters. The SMILES string of the molecule is Cl.O=[N+]([O-])c1ccc(C[N+]([O-])(CCCl)CCCl)cc1. The number of alkyl halides is 2. The highest BCUT2D eigenvalue weighted by molar-refractivity contribution is 6.18. The summed E-state index contributed by atoms with van der Waals surface area (Å²) >= 11 is 11.2. The monoisotopic (exact) mass is 328 g/mol. The molecule has 1 aromatic carbocycles. The maximum Gasteiger partial charge on any atom is 0.269 e. The topological polar surface area (TPSA) is 66.2 Å². The van der Waals surface area contributed by atoms with Crippen molar-refractivity contribution >= 4 is 41.3 Å². The fourth-order valence-corrected chi connectivity index (χ4v) is 2.25. The van der Waals surface area contributed by atoms with E-state index in [0.29, 0.717) is 0 Å². The van der Waals surface area contributed by atoms with Crippen LogP contribution in [0.2, 0.25) is 0 Å². The zero-order valence-electron chi connectivity index (χ0n) is 10.1. The molecule has 0 spiro atoms. The van der Waals surface area contributed by atoms with Crippen molar-refractivity contribution in [1.82, 2.24) is 0 Å². The number of halogens is 3. The minimum Gasteiger partial charge on any atom is -0.632 e. The lowest BCUT2D eigenvalue weighted by molar-refractivity contribution is -0.889. The summed E-state index contributed by atoms with van der Waals surface area (Å²) in [6.45, 7) is 0.758. The third-order valence-electron chi connectivity index (χ3n) is 2.60. The number of hydrogen-bond donors (Lipinski definition) is 0. The number of benzene rings is 1. The van der Waals surface area contributed by atoms with E-state index in [9.17, 15) is 15.3 Å². The summed E-state index contributed by atoms with van der Waals surface area (Å²) in [5.74, 6) is 0.515. The first-order valence-electron chi connectivity index (χ1n) is 5.43. The Kier molecular flexibility index (Phi) is 8.29. The molecule has 19 heavy (non-hydrogen) atoms. The first-order chi connectivity index (χ1) is 8.50.